The van der Waals surface area contributed by atoms with Crippen molar-refractivity contribution in [2.24, 2.45) is 0 Å². The third kappa shape index (κ3) is 5.55. The Balaban J connectivity index is 2.34. The van der Waals surface area contributed by atoms with E-state index < -0.39 is 39.1 Å². The molecule has 0 radical (unpaired) electrons. The fourth-order valence-corrected chi connectivity index (χ4v) is 2.60. The van der Waals surface area contributed by atoms with Gasteiger partial charge in [0.05, 0.1) is 15.3 Å². The fourth-order valence-electron chi connectivity index (χ4n) is 1.95. The molecule has 0 aliphatic rings. The van der Waals surface area contributed by atoms with Crippen LogP contribution in [-0.4, -0.2) is 37.2 Å². The van der Waals surface area contributed by atoms with E-state index in [2.05, 4.69) is 15.3 Å². The predicted octanol–water partition coefficient (Wildman–Crippen LogP) is 3.81. The first-order valence-corrected chi connectivity index (χ1v) is 10.1. The number of hydrogen-bond donors (Lipinski definition) is 3. The van der Waals surface area contributed by atoms with Crippen LogP contribution in [-0.2, 0) is 15.9 Å². The van der Waals surface area contributed by atoms with Gasteiger partial charge in [-0.2, -0.15) is 18.2 Å². The number of aliphatic hydroxyl groups is 1. The van der Waals surface area contributed by atoms with Gasteiger partial charge < -0.3 is 15.2 Å². The van der Waals surface area contributed by atoms with Gasteiger partial charge in [0, 0.05) is 23.0 Å². The number of aromatic nitrogens is 2. The highest BCUT2D eigenvalue weighted by molar-refractivity contribution is 7.91. The second kappa shape index (κ2) is 7.55. The summed E-state index contributed by atoms with van der Waals surface area (Å²) in [6.45, 7) is 4.24. The number of nitrogens with zero attached hydrogens (tertiary/aromatic N) is 2. The number of rotatable bonds is 6. The minimum absolute atomic E-state index is 0.151. The molecule has 2 atom stereocenters. The van der Waals surface area contributed by atoms with Crippen molar-refractivity contribution in [3.63, 3.8) is 0 Å². The normalized spacial score (nSPS) is 15.6. The topological polar surface area (TPSA) is 108 Å². The van der Waals surface area contributed by atoms with Gasteiger partial charge in [0.1, 0.15) is 11.7 Å². The number of ether oxygens (including phenoxy) is 1. The van der Waals surface area contributed by atoms with Gasteiger partial charge in [-0.25, -0.2) is 14.0 Å². The summed E-state index contributed by atoms with van der Waals surface area (Å²) in [4.78, 5) is 7.77. The minimum atomic E-state index is -4.73. The Morgan fingerprint density at radius 1 is 1.25 bits per heavy atom. The zero-order valence-electron chi connectivity index (χ0n) is 15.7. The Bertz CT molecular complexity index is 940. The summed E-state index contributed by atoms with van der Waals surface area (Å²) < 4.78 is 64.1. The molecule has 1 aromatic carbocycles. The summed E-state index contributed by atoms with van der Waals surface area (Å²) >= 11 is 0. The molecule has 1 heterocycles. The second-order valence-electron chi connectivity index (χ2n) is 6.82. The third-order valence-corrected chi connectivity index (χ3v) is 5.07. The third-order valence-electron chi connectivity index (χ3n) is 3.90. The minimum Gasteiger partial charge on any atom is -0.471 e. The van der Waals surface area contributed by atoms with E-state index >= 15 is 0 Å². The summed E-state index contributed by atoms with van der Waals surface area (Å²) in [6.07, 6.45) is -3.82. The van der Waals surface area contributed by atoms with Crippen molar-refractivity contribution in [2.45, 2.75) is 43.5 Å². The molecule has 1 unspecified atom stereocenters. The van der Waals surface area contributed by atoms with Crippen LogP contribution in [0, 0.1) is 4.78 Å². The van der Waals surface area contributed by atoms with E-state index in [0.29, 0.717) is 16.8 Å². The van der Waals surface area contributed by atoms with Crippen LogP contribution in [0.2, 0.25) is 0 Å². The predicted molar refractivity (Wildman–Crippen MR) is 98.2 cm³/mol. The molecule has 7 nitrogen and oxygen atoms in total. The molecular weight excluding hydrogens is 397 g/mol. The van der Waals surface area contributed by atoms with Crippen LogP contribution in [0.4, 0.5) is 24.8 Å². The number of alkyl halides is 3. The molecular formula is C17H21F3N4O3S. The molecule has 11 heteroatoms. The van der Waals surface area contributed by atoms with Crippen LogP contribution < -0.4 is 10.1 Å². The van der Waals surface area contributed by atoms with Gasteiger partial charge in [-0.05, 0) is 45.0 Å². The van der Waals surface area contributed by atoms with E-state index in [1.807, 2.05) is 0 Å². The lowest BCUT2D eigenvalue weighted by Gasteiger charge is -2.27. The van der Waals surface area contributed by atoms with Gasteiger partial charge in [-0.15, -0.1) is 0 Å². The Hall–Kier alpha value is -2.40. The van der Waals surface area contributed by atoms with E-state index in [1.54, 1.807) is 0 Å². The number of hydrogen-bond acceptors (Lipinski definition) is 7. The highest BCUT2D eigenvalue weighted by Crippen LogP contribution is 2.36. The van der Waals surface area contributed by atoms with Gasteiger partial charge in [-0.3, -0.25) is 0 Å². The van der Waals surface area contributed by atoms with Crippen LogP contribution in [0.25, 0.3) is 0 Å². The lowest BCUT2D eigenvalue weighted by Crippen LogP contribution is -2.38. The van der Waals surface area contributed by atoms with Crippen LogP contribution in [0.15, 0.2) is 35.4 Å². The Labute approximate surface area is 161 Å². The molecule has 154 valence electrons. The van der Waals surface area contributed by atoms with Crippen LogP contribution in [0.3, 0.4) is 0 Å². The maximum Gasteiger partial charge on any atom is 0.423 e. The van der Waals surface area contributed by atoms with Crippen LogP contribution >= 0.6 is 0 Å². The Kier molecular flexibility index (Phi) is 5.90. The van der Waals surface area contributed by atoms with Crippen molar-refractivity contribution in [3.8, 4) is 5.88 Å². The van der Waals surface area contributed by atoms with E-state index in [1.165, 1.54) is 51.3 Å². The molecule has 0 amide bonds. The van der Waals surface area contributed by atoms with Crippen molar-refractivity contribution in [2.75, 3.05) is 11.6 Å². The first-order valence-electron chi connectivity index (χ1n) is 8.12. The van der Waals surface area contributed by atoms with Crippen molar-refractivity contribution < 1.29 is 27.2 Å². The quantitative estimate of drug-likeness (QED) is 0.658. The smallest absolute Gasteiger partial charge is 0.423 e. The molecule has 0 bridgehead atoms. The van der Waals surface area contributed by atoms with Gasteiger partial charge in [0.15, 0.2) is 0 Å². The highest BCUT2D eigenvalue weighted by atomic mass is 32.2. The lowest BCUT2D eigenvalue weighted by molar-refractivity contribution is -0.141. The molecule has 0 spiro atoms. The largest absolute Gasteiger partial charge is 0.471 e. The molecule has 0 saturated heterocycles. The second-order valence-corrected chi connectivity index (χ2v) is 8.98. The molecule has 2 rings (SSSR count). The van der Waals surface area contributed by atoms with E-state index in [4.69, 9.17) is 9.52 Å². The van der Waals surface area contributed by atoms with Gasteiger partial charge in [0.25, 0.3) is 0 Å². The first kappa shape index (κ1) is 21.9. The Morgan fingerprint density at radius 3 is 2.29 bits per heavy atom. The highest BCUT2D eigenvalue weighted by Gasteiger charge is 2.38. The van der Waals surface area contributed by atoms with Crippen molar-refractivity contribution in [1.29, 1.82) is 4.78 Å². The summed E-state index contributed by atoms with van der Waals surface area (Å²) in [7, 11) is -2.88. The fraction of sp³-hybridized carbons (Fsp3) is 0.412. The molecule has 0 saturated carbocycles. The zero-order chi connectivity index (χ0) is 21.3. The molecule has 28 heavy (non-hydrogen) atoms. The number of benzene rings is 1. The average Bonchev–Trinajstić information content (AvgIpc) is 2.52. The number of nitrogens with one attached hydrogen (secondary N) is 2. The molecule has 0 aliphatic heterocycles. The molecule has 3 N–H and O–H groups in total. The van der Waals surface area contributed by atoms with E-state index in [0.717, 1.165) is 0 Å². The summed E-state index contributed by atoms with van der Waals surface area (Å²) in [5.74, 6) is -0.860. The average molecular weight is 418 g/mol. The summed E-state index contributed by atoms with van der Waals surface area (Å²) in [6, 6.07) is 5.95. The zero-order valence-corrected chi connectivity index (χ0v) is 16.5. The first-order chi connectivity index (χ1) is 12.7. The molecule has 2 aromatic rings. The maximum absolute atomic E-state index is 13.2. The lowest BCUT2D eigenvalue weighted by atomic mass is 10.0. The van der Waals surface area contributed by atoms with Gasteiger partial charge in [0.2, 0.25) is 11.8 Å². The number of anilines is 2. The van der Waals surface area contributed by atoms with Crippen molar-refractivity contribution in [1.82, 2.24) is 9.97 Å². The molecule has 0 aliphatic carbocycles. The van der Waals surface area contributed by atoms with Gasteiger partial charge >= 0.3 is 6.18 Å². The van der Waals surface area contributed by atoms with E-state index in [-0.39, 0.29) is 5.95 Å². The summed E-state index contributed by atoms with van der Waals surface area (Å²) in [5, 5.41) is 12.7. The Morgan fingerprint density at radius 2 is 1.82 bits per heavy atom. The van der Waals surface area contributed by atoms with Crippen molar-refractivity contribution >= 4 is 21.4 Å². The van der Waals surface area contributed by atoms with Crippen molar-refractivity contribution in [3.05, 3.63) is 36.0 Å². The van der Waals surface area contributed by atoms with Gasteiger partial charge in [-0.1, -0.05) is 0 Å². The van der Waals surface area contributed by atoms with E-state index in [9.17, 15) is 22.5 Å². The summed E-state index contributed by atoms with van der Waals surface area (Å²) in [5.41, 5.74) is -2.13. The standard InChI is InChI=1S/C17H21F3N4O3S/c1-10(16(2,3)25)27-14-13(17(18,19)20)9-22-15(24-14)23-11-5-7-12(8-6-11)28(4,21)26/h5-10,21,25H,1-4H3,(H,22,23,24)/t10-,28?/m1/s1. The SMILES string of the molecule is C[C@@H](Oc1nc(Nc2ccc(S(C)(=N)=O)cc2)ncc1C(F)(F)F)C(C)(C)O. The molecule has 0 fully saturated rings. The van der Waals surface area contributed by atoms with Crippen LogP contribution in [0.5, 0.6) is 5.88 Å². The maximum atomic E-state index is 13.2. The monoisotopic (exact) mass is 418 g/mol. The van der Waals surface area contributed by atoms with Crippen LogP contribution in [0.1, 0.15) is 26.3 Å². The molecule has 1 aromatic heterocycles. The number of halogens is 3.